The van der Waals surface area contributed by atoms with E-state index in [1.165, 1.54) is 5.56 Å². The van der Waals surface area contributed by atoms with Gasteiger partial charge in [-0.15, -0.1) is 0 Å². The summed E-state index contributed by atoms with van der Waals surface area (Å²) in [7, 11) is 1.92. The van der Waals surface area contributed by atoms with Crippen LogP contribution in [0.5, 0.6) is 0 Å². The van der Waals surface area contributed by atoms with Gasteiger partial charge in [-0.2, -0.15) is 5.26 Å². The van der Waals surface area contributed by atoms with Gasteiger partial charge in [-0.05, 0) is 26.0 Å². The number of anilines is 2. The molecule has 2 rings (SSSR count). The summed E-state index contributed by atoms with van der Waals surface area (Å²) in [5.74, 6) is 1.32. The monoisotopic (exact) mass is 238 g/mol. The Labute approximate surface area is 107 Å². The third kappa shape index (κ3) is 2.46. The van der Waals surface area contributed by atoms with Gasteiger partial charge in [0.15, 0.2) is 0 Å². The molecule has 0 aliphatic rings. The third-order valence-corrected chi connectivity index (χ3v) is 2.70. The van der Waals surface area contributed by atoms with E-state index >= 15 is 0 Å². The zero-order valence-corrected chi connectivity index (χ0v) is 10.7. The minimum atomic E-state index is 0.386. The van der Waals surface area contributed by atoms with Crippen molar-refractivity contribution in [1.29, 1.82) is 5.26 Å². The van der Waals surface area contributed by atoms with Gasteiger partial charge in [-0.3, -0.25) is 0 Å². The molecule has 0 bridgehead atoms. The second-order valence-electron chi connectivity index (χ2n) is 4.16. The molecule has 0 saturated carbocycles. The van der Waals surface area contributed by atoms with Gasteiger partial charge in [0.25, 0.3) is 0 Å². The highest BCUT2D eigenvalue weighted by Crippen LogP contribution is 2.22. The molecule has 0 fully saturated rings. The highest BCUT2D eigenvalue weighted by atomic mass is 15.2. The zero-order chi connectivity index (χ0) is 13.1. The Morgan fingerprint density at radius 2 is 1.78 bits per heavy atom. The fourth-order valence-electron chi connectivity index (χ4n) is 1.68. The Kier molecular flexibility index (Phi) is 3.24. The molecule has 0 aliphatic heterocycles. The van der Waals surface area contributed by atoms with E-state index in [1.54, 1.807) is 13.0 Å². The van der Waals surface area contributed by atoms with E-state index in [-0.39, 0.29) is 0 Å². The maximum Gasteiger partial charge on any atom is 0.146 e. The number of hydrogen-bond donors (Lipinski definition) is 0. The molecule has 4 heteroatoms. The van der Waals surface area contributed by atoms with Crippen molar-refractivity contribution in [2.75, 3.05) is 11.9 Å². The molecule has 0 atom stereocenters. The van der Waals surface area contributed by atoms with Crippen LogP contribution in [0.4, 0.5) is 11.5 Å². The van der Waals surface area contributed by atoms with Crippen molar-refractivity contribution in [1.82, 2.24) is 9.97 Å². The fourth-order valence-corrected chi connectivity index (χ4v) is 1.68. The SMILES string of the molecule is Cc1ccc(N(C)c2cc(C#N)nc(C)n2)cc1. The molecule has 18 heavy (non-hydrogen) atoms. The van der Waals surface area contributed by atoms with Crippen molar-refractivity contribution in [3.63, 3.8) is 0 Å². The molecular weight excluding hydrogens is 224 g/mol. The first-order valence-corrected chi connectivity index (χ1v) is 5.66. The Hall–Kier alpha value is -2.41. The third-order valence-electron chi connectivity index (χ3n) is 2.70. The summed E-state index contributed by atoms with van der Waals surface area (Å²) >= 11 is 0. The van der Waals surface area contributed by atoms with Gasteiger partial charge < -0.3 is 4.90 Å². The quantitative estimate of drug-likeness (QED) is 0.807. The molecule has 0 aliphatic carbocycles. The van der Waals surface area contributed by atoms with Crippen LogP contribution in [-0.2, 0) is 0 Å². The van der Waals surface area contributed by atoms with E-state index in [2.05, 4.69) is 9.97 Å². The number of nitriles is 1. The van der Waals surface area contributed by atoms with Gasteiger partial charge in [-0.1, -0.05) is 17.7 Å². The minimum Gasteiger partial charge on any atom is -0.329 e. The van der Waals surface area contributed by atoms with Crippen molar-refractivity contribution < 1.29 is 0 Å². The molecule has 1 aromatic carbocycles. The highest BCUT2D eigenvalue weighted by molar-refractivity contribution is 5.60. The first-order chi connectivity index (χ1) is 8.60. The lowest BCUT2D eigenvalue weighted by atomic mass is 10.2. The van der Waals surface area contributed by atoms with Crippen LogP contribution in [0.15, 0.2) is 30.3 Å². The minimum absolute atomic E-state index is 0.386. The van der Waals surface area contributed by atoms with Gasteiger partial charge in [0, 0.05) is 18.8 Å². The number of benzene rings is 1. The van der Waals surface area contributed by atoms with Crippen LogP contribution < -0.4 is 4.90 Å². The standard InChI is InChI=1S/C14H14N4/c1-10-4-6-13(7-5-10)18(3)14-8-12(9-15)16-11(2)17-14/h4-8H,1-3H3. The molecule has 0 spiro atoms. The lowest BCUT2D eigenvalue weighted by Crippen LogP contribution is -2.12. The van der Waals surface area contributed by atoms with Crippen LogP contribution in [0.25, 0.3) is 0 Å². The van der Waals surface area contributed by atoms with Crippen LogP contribution in [0.1, 0.15) is 17.1 Å². The summed E-state index contributed by atoms with van der Waals surface area (Å²) in [5, 5.41) is 8.92. The largest absolute Gasteiger partial charge is 0.329 e. The van der Waals surface area contributed by atoms with Gasteiger partial charge in [0.05, 0.1) is 0 Å². The van der Waals surface area contributed by atoms with E-state index < -0.39 is 0 Å². The van der Waals surface area contributed by atoms with Crippen LogP contribution in [0.3, 0.4) is 0 Å². The van der Waals surface area contributed by atoms with Crippen molar-refractivity contribution in [3.8, 4) is 6.07 Å². The zero-order valence-electron chi connectivity index (χ0n) is 10.7. The smallest absolute Gasteiger partial charge is 0.146 e. The van der Waals surface area contributed by atoms with Crippen LogP contribution in [0, 0.1) is 25.2 Å². The summed E-state index contributed by atoms with van der Waals surface area (Å²) in [4.78, 5) is 10.3. The average molecular weight is 238 g/mol. The lowest BCUT2D eigenvalue weighted by molar-refractivity contribution is 1.000. The van der Waals surface area contributed by atoms with E-state index in [0.717, 1.165) is 11.5 Å². The summed E-state index contributed by atoms with van der Waals surface area (Å²) < 4.78 is 0. The summed E-state index contributed by atoms with van der Waals surface area (Å²) in [6.45, 7) is 3.83. The molecule has 2 aromatic rings. The highest BCUT2D eigenvalue weighted by Gasteiger charge is 2.08. The lowest BCUT2D eigenvalue weighted by Gasteiger charge is -2.18. The predicted molar refractivity (Wildman–Crippen MR) is 70.7 cm³/mol. The molecule has 0 unspecified atom stereocenters. The molecule has 1 aromatic heterocycles. The predicted octanol–water partition coefficient (Wildman–Crippen LogP) is 2.73. The van der Waals surface area contributed by atoms with Crippen molar-refractivity contribution in [3.05, 3.63) is 47.4 Å². The molecule has 0 saturated heterocycles. The number of rotatable bonds is 2. The maximum absolute atomic E-state index is 8.92. The number of aryl methyl sites for hydroxylation is 2. The Bertz CT molecular complexity index is 596. The topological polar surface area (TPSA) is 52.8 Å². The number of hydrogen-bond acceptors (Lipinski definition) is 4. The first-order valence-electron chi connectivity index (χ1n) is 5.66. The first kappa shape index (κ1) is 12.1. The molecule has 0 N–H and O–H groups in total. The Morgan fingerprint density at radius 3 is 2.39 bits per heavy atom. The molecule has 0 amide bonds. The summed E-state index contributed by atoms with van der Waals surface area (Å²) in [6, 6.07) is 11.9. The van der Waals surface area contributed by atoms with Gasteiger partial charge in [0.2, 0.25) is 0 Å². The van der Waals surface area contributed by atoms with Gasteiger partial charge in [0.1, 0.15) is 23.4 Å². The summed E-state index contributed by atoms with van der Waals surface area (Å²) in [5.41, 5.74) is 2.63. The van der Waals surface area contributed by atoms with Crippen LogP contribution in [0.2, 0.25) is 0 Å². The Morgan fingerprint density at radius 1 is 1.11 bits per heavy atom. The van der Waals surface area contributed by atoms with E-state index in [4.69, 9.17) is 5.26 Å². The molecule has 1 heterocycles. The molecule has 90 valence electrons. The second-order valence-corrected chi connectivity index (χ2v) is 4.16. The van der Waals surface area contributed by atoms with Crippen LogP contribution >= 0.6 is 0 Å². The summed E-state index contributed by atoms with van der Waals surface area (Å²) in [6.07, 6.45) is 0. The van der Waals surface area contributed by atoms with Gasteiger partial charge >= 0.3 is 0 Å². The van der Waals surface area contributed by atoms with E-state index in [1.807, 2.05) is 49.2 Å². The van der Waals surface area contributed by atoms with Crippen LogP contribution in [-0.4, -0.2) is 17.0 Å². The number of nitrogens with zero attached hydrogens (tertiary/aromatic N) is 4. The van der Waals surface area contributed by atoms with Crippen molar-refractivity contribution in [2.45, 2.75) is 13.8 Å². The van der Waals surface area contributed by atoms with E-state index in [0.29, 0.717) is 11.5 Å². The van der Waals surface area contributed by atoms with Crippen molar-refractivity contribution in [2.24, 2.45) is 0 Å². The van der Waals surface area contributed by atoms with Crippen molar-refractivity contribution >= 4 is 11.5 Å². The maximum atomic E-state index is 8.92. The average Bonchev–Trinajstić information content (AvgIpc) is 2.38. The fraction of sp³-hybridized carbons (Fsp3) is 0.214. The second kappa shape index (κ2) is 4.84. The van der Waals surface area contributed by atoms with Gasteiger partial charge in [-0.25, -0.2) is 9.97 Å². The van der Waals surface area contributed by atoms with E-state index in [9.17, 15) is 0 Å². The normalized spacial score (nSPS) is 9.89. The Balaban J connectivity index is 2.39. The molecule has 0 radical (unpaired) electrons. The molecular formula is C14H14N4. The number of aromatic nitrogens is 2. The molecule has 4 nitrogen and oxygen atoms in total.